The van der Waals surface area contributed by atoms with Crippen molar-refractivity contribution in [2.45, 2.75) is 45.8 Å². The van der Waals surface area contributed by atoms with E-state index in [1.807, 2.05) is 17.1 Å². The van der Waals surface area contributed by atoms with Crippen LogP contribution in [0.15, 0.2) is 12.4 Å². The molecule has 1 aliphatic rings. The smallest absolute Gasteiger partial charge is 0.310 e. The van der Waals surface area contributed by atoms with Crippen LogP contribution in [0.4, 0.5) is 0 Å². The number of hydrogen-bond donors (Lipinski definition) is 1. The van der Waals surface area contributed by atoms with E-state index in [2.05, 4.69) is 30.8 Å². The van der Waals surface area contributed by atoms with Crippen molar-refractivity contribution in [2.75, 3.05) is 19.8 Å². The highest BCUT2D eigenvalue weighted by Crippen LogP contribution is 2.29. The van der Waals surface area contributed by atoms with Gasteiger partial charge in [0.25, 0.3) is 0 Å². The molecule has 6 nitrogen and oxygen atoms in total. The first-order valence-electron chi connectivity index (χ1n) is 7.67. The fraction of sp³-hybridized carbons (Fsp3) is 0.733. The normalized spacial score (nSPS) is 23.6. The summed E-state index contributed by atoms with van der Waals surface area (Å²) in [7, 11) is 0. The minimum Gasteiger partial charge on any atom is -0.481 e. The number of rotatable bonds is 7. The predicted octanol–water partition coefficient (Wildman–Crippen LogP) is 1.78. The van der Waals surface area contributed by atoms with Crippen molar-refractivity contribution in [2.24, 2.45) is 5.92 Å². The van der Waals surface area contributed by atoms with Gasteiger partial charge < -0.3 is 9.84 Å². The Labute approximate surface area is 125 Å². The van der Waals surface area contributed by atoms with E-state index in [1.165, 1.54) is 0 Å². The maximum absolute atomic E-state index is 11.4. The third-order valence-electron chi connectivity index (χ3n) is 4.23. The lowest BCUT2D eigenvalue weighted by molar-refractivity contribution is -0.143. The van der Waals surface area contributed by atoms with E-state index >= 15 is 0 Å². The molecule has 3 atom stereocenters. The number of aryl methyl sites for hydroxylation is 1. The second-order valence-corrected chi connectivity index (χ2v) is 5.59. The van der Waals surface area contributed by atoms with E-state index in [0.717, 1.165) is 25.1 Å². The van der Waals surface area contributed by atoms with E-state index in [4.69, 9.17) is 4.74 Å². The van der Waals surface area contributed by atoms with Gasteiger partial charge in [-0.3, -0.25) is 14.4 Å². The number of nitrogens with zero attached hydrogens (tertiary/aromatic N) is 3. The molecule has 1 saturated heterocycles. The summed E-state index contributed by atoms with van der Waals surface area (Å²) in [6.07, 6.45) is 4.90. The molecule has 1 fully saturated rings. The maximum Gasteiger partial charge on any atom is 0.310 e. The monoisotopic (exact) mass is 295 g/mol. The lowest BCUT2D eigenvalue weighted by atomic mass is 9.99. The van der Waals surface area contributed by atoms with Crippen molar-refractivity contribution < 1.29 is 14.6 Å². The van der Waals surface area contributed by atoms with Crippen molar-refractivity contribution in [3.05, 3.63) is 18.0 Å². The summed E-state index contributed by atoms with van der Waals surface area (Å²) in [6, 6.07) is 0.0706. The minimum atomic E-state index is -0.768. The third kappa shape index (κ3) is 3.44. The summed E-state index contributed by atoms with van der Waals surface area (Å²) in [5, 5.41) is 13.7. The molecule has 1 N–H and O–H groups in total. The molecule has 1 aromatic rings. The van der Waals surface area contributed by atoms with Crippen LogP contribution in [0.3, 0.4) is 0 Å². The van der Waals surface area contributed by atoms with Crippen LogP contribution in [0.1, 0.15) is 38.8 Å². The first kappa shape index (κ1) is 16.0. The fourth-order valence-electron chi connectivity index (χ4n) is 2.97. The summed E-state index contributed by atoms with van der Waals surface area (Å²) >= 11 is 0. The second kappa shape index (κ2) is 7.04. The number of carbonyl (C=O) groups is 1. The molecule has 21 heavy (non-hydrogen) atoms. The molecule has 0 aliphatic carbocycles. The largest absolute Gasteiger partial charge is 0.481 e. The van der Waals surface area contributed by atoms with E-state index in [0.29, 0.717) is 13.2 Å². The standard InChI is InChI=1S/C15H25N3O3/c1-4-6-18(14-10-21-9-13(14)15(19)20)11(3)12-7-16-17(5-2)8-12/h7-8,11,13-14H,4-6,9-10H2,1-3H3,(H,19,20). The Morgan fingerprint density at radius 3 is 2.90 bits per heavy atom. The summed E-state index contributed by atoms with van der Waals surface area (Å²) in [4.78, 5) is 13.7. The van der Waals surface area contributed by atoms with Crippen LogP contribution < -0.4 is 0 Å². The average Bonchev–Trinajstić information content (AvgIpc) is 3.12. The van der Waals surface area contributed by atoms with E-state index < -0.39 is 11.9 Å². The number of ether oxygens (including phenoxy) is 1. The van der Waals surface area contributed by atoms with Gasteiger partial charge in [-0.25, -0.2) is 0 Å². The topological polar surface area (TPSA) is 67.6 Å². The van der Waals surface area contributed by atoms with E-state index in [1.54, 1.807) is 0 Å². The van der Waals surface area contributed by atoms with Gasteiger partial charge in [0.15, 0.2) is 0 Å². The lowest BCUT2D eigenvalue weighted by Gasteiger charge is -2.35. The van der Waals surface area contributed by atoms with Crippen molar-refractivity contribution in [3.63, 3.8) is 0 Å². The molecule has 2 heterocycles. The van der Waals surface area contributed by atoms with E-state index in [9.17, 15) is 9.90 Å². The molecular formula is C15H25N3O3. The van der Waals surface area contributed by atoms with Gasteiger partial charge in [-0.1, -0.05) is 6.92 Å². The Bertz CT molecular complexity index is 474. The van der Waals surface area contributed by atoms with Gasteiger partial charge in [0.2, 0.25) is 0 Å². The van der Waals surface area contributed by atoms with Crippen LogP contribution in [-0.2, 0) is 16.1 Å². The van der Waals surface area contributed by atoms with Crippen LogP contribution in [0.25, 0.3) is 0 Å². The van der Waals surface area contributed by atoms with Crippen molar-refractivity contribution in [1.82, 2.24) is 14.7 Å². The molecule has 2 rings (SSSR count). The molecule has 0 aromatic carbocycles. The number of carboxylic acid groups (broad SMARTS) is 1. The Morgan fingerprint density at radius 1 is 1.57 bits per heavy atom. The number of aromatic nitrogens is 2. The first-order valence-corrected chi connectivity index (χ1v) is 7.67. The van der Waals surface area contributed by atoms with Crippen LogP contribution in [0.5, 0.6) is 0 Å². The Kier molecular flexibility index (Phi) is 5.36. The van der Waals surface area contributed by atoms with Crippen molar-refractivity contribution >= 4 is 5.97 Å². The highest BCUT2D eigenvalue weighted by molar-refractivity contribution is 5.71. The van der Waals surface area contributed by atoms with Crippen LogP contribution in [0.2, 0.25) is 0 Å². The van der Waals surface area contributed by atoms with Crippen molar-refractivity contribution in [3.8, 4) is 0 Å². The van der Waals surface area contributed by atoms with Gasteiger partial charge in [-0.15, -0.1) is 0 Å². The molecule has 118 valence electrons. The average molecular weight is 295 g/mol. The predicted molar refractivity (Wildman–Crippen MR) is 79.0 cm³/mol. The molecule has 0 bridgehead atoms. The number of carboxylic acids is 1. The van der Waals surface area contributed by atoms with Gasteiger partial charge in [0.1, 0.15) is 0 Å². The molecular weight excluding hydrogens is 270 g/mol. The van der Waals surface area contributed by atoms with E-state index in [-0.39, 0.29) is 12.1 Å². The number of hydrogen-bond acceptors (Lipinski definition) is 4. The third-order valence-corrected chi connectivity index (χ3v) is 4.23. The maximum atomic E-state index is 11.4. The fourth-order valence-corrected chi connectivity index (χ4v) is 2.97. The zero-order valence-corrected chi connectivity index (χ0v) is 13.0. The molecule has 3 unspecified atom stereocenters. The van der Waals surface area contributed by atoms with Crippen LogP contribution in [-0.4, -0.2) is 51.6 Å². The zero-order chi connectivity index (χ0) is 15.4. The van der Waals surface area contributed by atoms with Gasteiger partial charge in [-0.05, 0) is 26.8 Å². The number of aliphatic carboxylic acids is 1. The molecule has 1 aromatic heterocycles. The molecule has 0 radical (unpaired) electrons. The summed E-state index contributed by atoms with van der Waals surface area (Å²) in [6.45, 7) is 8.77. The second-order valence-electron chi connectivity index (χ2n) is 5.59. The Hall–Kier alpha value is -1.40. The van der Waals surface area contributed by atoms with Crippen LogP contribution in [0, 0.1) is 5.92 Å². The minimum absolute atomic E-state index is 0.0672. The van der Waals surface area contributed by atoms with Crippen molar-refractivity contribution in [1.29, 1.82) is 0 Å². The first-order chi connectivity index (χ1) is 10.1. The summed E-state index contributed by atoms with van der Waals surface area (Å²) in [5.41, 5.74) is 1.13. The SMILES string of the molecule is CCCN(C(C)c1cnn(CC)c1)C1COCC1C(=O)O. The molecule has 0 saturated carbocycles. The van der Waals surface area contributed by atoms with Gasteiger partial charge >= 0.3 is 5.97 Å². The van der Waals surface area contributed by atoms with Gasteiger partial charge in [-0.2, -0.15) is 5.10 Å². The summed E-state index contributed by atoms with van der Waals surface area (Å²) < 4.78 is 7.33. The van der Waals surface area contributed by atoms with Gasteiger partial charge in [0.05, 0.1) is 25.3 Å². The Morgan fingerprint density at radius 2 is 2.33 bits per heavy atom. The quantitative estimate of drug-likeness (QED) is 0.830. The Balaban J connectivity index is 2.19. The van der Waals surface area contributed by atoms with Crippen LogP contribution >= 0.6 is 0 Å². The lowest BCUT2D eigenvalue weighted by Crippen LogP contribution is -2.44. The summed E-state index contributed by atoms with van der Waals surface area (Å²) in [5.74, 6) is -1.21. The molecule has 6 heteroatoms. The van der Waals surface area contributed by atoms with Gasteiger partial charge in [0, 0.05) is 30.4 Å². The molecule has 0 amide bonds. The molecule has 1 aliphatic heterocycles. The zero-order valence-electron chi connectivity index (χ0n) is 13.0. The molecule has 0 spiro atoms. The highest BCUT2D eigenvalue weighted by atomic mass is 16.5. The highest BCUT2D eigenvalue weighted by Gasteiger charge is 2.39.